The summed E-state index contributed by atoms with van der Waals surface area (Å²) in [5, 5.41) is 11.8. The molecule has 0 bridgehead atoms. The lowest BCUT2D eigenvalue weighted by atomic mass is 10.1. The molecule has 2 rings (SSSR count). The summed E-state index contributed by atoms with van der Waals surface area (Å²) in [5.41, 5.74) is 1.12. The molecular formula is C15H12F3N3. The molecule has 0 aliphatic rings. The fraction of sp³-hybridized carbons (Fsp3) is 0.200. The highest BCUT2D eigenvalue weighted by molar-refractivity contribution is 5.54. The zero-order valence-corrected chi connectivity index (χ0v) is 11.2. The summed E-state index contributed by atoms with van der Waals surface area (Å²) in [5.74, 6) is 0. The van der Waals surface area contributed by atoms with E-state index in [9.17, 15) is 13.2 Å². The normalized spacial score (nSPS) is 11.0. The van der Waals surface area contributed by atoms with Gasteiger partial charge in [0.15, 0.2) is 0 Å². The van der Waals surface area contributed by atoms with Gasteiger partial charge in [-0.3, -0.25) is 4.98 Å². The van der Waals surface area contributed by atoms with Gasteiger partial charge in [-0.25, -0.2) is 0 Å². The molecule has 0 fully saturated rings. The number of benzene rings is 1. The first kappa shape index (κ1) is 14.9. The third-order valence-corrected chi connectivity index (χ3v) is 3.08. The van der Waals surface area contributed by atoms with Crippen LogP contribution < -0.4 is 5.32 Å². The van der Waals surface area contributed by atoms with Crippen molar-refractivity contribution in [3.05, 3.63) is 58.9 Å². The fourth-order valence-electron chi connectivity index (χ4n) is 1.87. The van der Waals surface area contributed by atoms with Crippen LogP contribution in [0.5, 0.6) is 0 Å². The van der Waals surface area contributed by atoms with E-state index in [0.29, 0.717) is 12.2 Å². The molecule has 21 heavy (non-hydrogen) atoms. The fourth-order valence-corrected chi connectivity index (χ4v) is 1.87. The second-order valence-electron chi connectivity index (χ2n) is 4.53. The van der Waals surface area contributed by atoms with E-state index in [-0.39, 0.29) is 0 Å². The standard InChI is InChI=1S/C15H12F3N3/c1-10-4-5-20-8-12(10)9-21-13-2-3-14(15(16,17)18)11(6-13)7-19/h2-6,8,21H,9H2,1H3. The van der Waals surface area contributed by atoms with E-state index in [1.807, 2.05) is 13.0 Å². The molecule has 108 valence electrons. The molecule has 1 N–H and O–H groups in total. The van der Waals surface area contributed by atoms with Crippen molar-refractivity contribution in [1.29, 1.82) is 5.26 Å². The van der Waals surface area contributed by atoms with Crippen molar-refractivity contribution in [3.63, 3.8) is 0 Å². The maximum Gasteiger partial charge on any atom is 0.417 e. The van der Waals surface area contributed by atoms with Crippen LogP contribution in [0.2, 0.25) is 0 Å². The van der Waals surface area contributed by atoms with Crippen molar-refractivity contribution in [3.8, 4) is 6.07 Å². The summed E-state index contributed by atoms with van der Waals surface area (Å²) in [6, 6.07) is 6.86. The van der Waals surface area contributed by atoms with E-state index in [4.69, 9.17) is 5.26 Å². The number of aryl methyl sites for hydroxylation is 1. The molecule has 1 aromatic carbocycles. The van der Waals surface area contributed by atoms with Crippen LogP contribution in [0.15, 0.2) is 36.7 Å². The lowest BCUT2D eigenvalue weighted by Gasteiger charge is -2.12. The number of alkyl halides is 3. The first-order chi connectivity index (χ1) is 9.91. The molecule has 0 spiro atoms. The zero-order valence-electron chi connectivity index (χ0n) is 11.2. The largest absolute Gasteiger partial charge is 0.417 e. The van der Waals surface area contributed by atoms with Crippen LogP contribution in [0.4, 0.5) is 18.9 Å². The first-order valence-electron chi connectivity index (χ1n) is 6.16. The van der Waals surface area contributed by atoms with Gasteiger partial charge in [0.2, 0.25) is 0 Å². The molecule has 0 radical (unpaired) electrons. The number of aromatic nitrogens is 1. The predicted octanol–water partition coefficient (Wildman–Crippen LogP) is 3.89. The quantitative estimate of drug-likeness (QED) is 0.933. The van der Waals surface area contributed by atoms with E-state index in [1.165, 1.54) is 12.1 Å². The highest BCUT2D eigenvalue weighted by Crippen LogP contribution is 2.33. The van der Waals surface area contributed by atoms with Crippen LogP contribution in [0.1, 0.15) is 22.3 Å². The zero-order chi connectivity index (χ0) is 15.5. The van der Waals surface area contributed by atoms with Gasteiger partial charge in [0.05, 0.1) is 17.2 Å². The van der Waals surface area contributed by atoms with Gasteiger partial charge >= 0.3 is 6.18 Å². The van der Waals surface area contributed by atoms with E-state index < -0.39 is 17.3 Å². The Bertz CT molecular complexity index is 687. The minimum atomic E-state index is -4.52. The smallest absolute Gasteiger partial charge is 0.381 e. The van der Waals surface area contributed by atoms with Crippen LogP contribution >= 0.6 is 0 Å². The highest BCUT2D eigenvalue weighted by Gasteiger charge is 2.33. The van der Waals surface area contributed by atoms with Gasteiger partial charge in [0.25, 0.3) is 0 Å². The first-order valence-corrected chi connectivity index (χ1v) is 6.16. The average Bonchev–Trinajstić information content (AvgIpc) is 2.45. The van der Waals surface area contributed by atoms with E-state index in [1.54, 1.807) is 18.5 Å². The van der Waals surface area contributed by atoms with Crippen molar-refractivity contribution in [2.24, 2.45) is 0 Å². The van der Waals surface area contributed by atoms with Gasteiger partial charge in [-0.1, -0.05) is 0 Å². The number of nitrogens with zero attached hydrogens (tertiary/aromatic N) is 2. The molecule has 3 nitrogen and oxygen atoms in total. The Kier molecular flexibility index (Phi) is 4.13. The number of nitriles is 1. The summed E-state index contributed by atoms with van der Waals surface area (Å²) in [4.78, 5) is 4.00. The second kappa shape index (κ2) is 5.83. The van der Waals surface area contributed by atoms with Gasteiger partial charge < -0.3 is 5.32 Å². The van der Waals surface area contributed by atoms with Gasteiger partial charge in [-0.15, -0.1) is 0 Å². The summed E-state index contributed by atoms with van der Waals surface area (Å²) in [7, 11) is 0. The average molecular weight is 291 g/mol. The molecule has 0 amide bonds. The molecule has 0 unspecified atom stereocenters. The Morgan fingerprint density at radius 1 is 1.29 bits per heavy atom. The number of halogens is 3. The second-order valence-corrected chi connectivity index (χ2v) is 4.53. The molecule has 1 heterocycles. The predicted molar refractivity (Wildman–Crippen MR) is 72.5 cm³/mol. The topological polar surface area (TPSA) is 48.7 Å². The molecule has 0 aliphatic heterocycles. The molecule has 6 heteroatoms. The molecule has 2 aromatic rings. The molecule has 0 saturated carbocycles. The van der Waals surface area contributed by atoms with Gasteiger partial charge in [-0.05, 0) is 42.3 Å². The van der Waals surface area contributed by atoms with Gasteiger partial charge in [0.1, 0.15) is 0 Å². The number of hydrogen-bond acceptors (Lipinski definition) is 3. The Morgan fingerprint density at radius 3 is 2.67 bits per heavy atom. The maximum absolute atomic E-state index is 12.7. The molecule has 1 aromatic heterocycles. The monoisotopic (exact) mass is 291 g/mol. The number of anilines is 1. The summed E-state index contributed by atoms with van der Waals surface area (Å²) in [6.07, 6.45) is -1.16. The number of pyridine rings is 1. The maximum atomic E-state index is 12.7. The summed E-state index contributed by atoms with van der Waals surface area (Å²) in [6.45, 7) is 2.35. The minimum Gasteiger partial charge on any atom is -0.381 e. The van der Waals surface area contributed by atoms with Gasteiger partial charge in [-0.2, -0.15) is 18.4 Å². The van der Waals surface area contributed by atoms with E-state index in [0.717, 1.165) is 17.2 Å². The van der Waals surface area contributed by atoms with Crippen LogP contribution in [-0.2, 0) is 12.7 Å². The third-order valence-electron chi connectivity index (χ3n) is 3.08. The Morgan fingerprint density at radius 2 is 2.05 bits per heavy atom. The lowest BCUT2D eigenvalue weighted by Crippen LogP contribution is -2.09. The molecule has 0 atom stereocenters. The highest BCUT2D eigenvalue weighted by atomic mass is 19.4. The SMILES string of the molecule is Cc1ccncc1CNc1ccc(C(F)(F)F)c(C#N)c1. The number of hydrogen-bond donors (Lipinski definition) is 1. The third kappa shape index (κ3) is 3.51. The van der Waals surface area contributed by atoms with Crippen LogP contribution in [-0.4, -0.2) is 4.98 Å². The summed E-state index contributed by atoms with van der Waals surface area (Å²) < 4.78 is 38.1. The van der Waals surface area contributed by atoms with E-state index in [2.05, 4.69) is 10.3 Å². The van der Waals surface area contributed by atoms with Crippen molar-refractivity contribution < 1.29 is 13.2 Å². The Balaban J connectivity index is 2.19. The van der Waals surface area contributed by atoms with Crippen LogP contribution in [0, 0.1) is 18.3 Å². The molecular weight excluding hydrogens is 279 g/mol. The minimum absolute atomic E-state index is 0.393. The Labute approximate surface area is 120 Å². The van der Waals surface area contributed by atoms with Crippen molar-refractivity contribution in [2.75, 3.05) is 5.32 Å². The molecule has 0 saturated heterocycles. The van der Waals surface area contributed by atoms with Crippen molar-refractivity contribution in [1.82, 2.24) is 4.98 Å². The Hall–Kier alpha value is -2.55. The summed E-state index contributed by atoms with van der Waals surface area (Å²) >= 11 is 0. The molecule has 0 aliphatic carbocycles. The van der Waals surface area contributed by atoms with Crippen molar-refractivity contribution in [2.45, 2.75) is 19.6 Å². The van der Waals surface area contributed by atoms with Gasteiger partial charge in [0, 0.05) is 24.6 Å². The van der Waals surface area contributed by atoms with Crippen LogP contribution in [0.25, 0.3) is 0 Å². The number of nitrogens with one attached hydrogen (secondary N) is 1. The van der Waals surface area contributed by atoms with Crippen molar-refractivity contribution >= 4 is 5.69 Å². The lowest BCUT2D eigenvalue weighted by molar-refractivity contribution is -0.137. The van der Waals surface area contributed by atoms with E-state index >= 15 is 0 Å². The number of rotatable bonds is 3. The van der Waals surface area contributed by atoms with Crippen LogP contribution in [0.3, 0.4) is 0 Å².